The second kappa shape index (κ2) is 6.66. The maximum absolute atomic E-state index is 14.1. The van der Waals surface area contributed by atoms with Gasteiger partial charge in [-0.15, -0.1) is 0 Å². The lowest BCUT2D eigenvalue weighted by molar-refractivity contribution is -0.0282. The molecule has 2 atom stereocenters. The molecule has 2 fully saturated rings. The van der Waals surface area contributed by atoms with Gasteiger partial charge in [0.25, 0.3) is 0 Å². The fraction of sp³-hybridized carbons (Fsp3) is 0.684. The first kappa shape index (κ1) is 15.9. The van der Waals surface area contributed by atoms with Crippen molar-refractivity contribution in [3.63, 3.8) is 0 Å². The van der Waals surface area contributed by atoms with Gasteiger partial charge < -0.3 is 4.74 Å². The van der Waals surface area contributed by atoms with Crippen LogP contribution in [0.15, 0.2) is 12.1 Å². The van der Waals surface area contributed by atoms with Crippen LogP contribution in [0.3, 0.4) is 0 Å². The number of benzene rings is 1. The molecule has 2 unspecified atom stereocenters. The van der Waals surface area contributed by atoms with Crippen molar-refractivity contribution in [1.82, 2.24) is 0 Å². The standard InChI is InChI=1S/C19H26F2O.H2/c1-12-3-10-17(19(21)18(12)20)15-8-6-14(7-9-15)16-5-4-13(2)22-11-16;/h3,10,13-16H,4-9,11H2,1-2H3;1H. The van der Waals surface area contributed by atoms with Crippen molar-refractivity contribution >= 4 is 0 Å². The Hall–Kier alpha value is -0.960. The maximum Gasteiger partial charge on any atom is 0.162 e. The highest BCUT2D eigenvalue weighted by Gasteiger charge is 2.32. The van der Waals surface area contributed by atoms with E-state index >= 15 is 0 Å². The Kier molecular flexibility index (Phi) is 4.82. The third-order valence-electron chi connectivity index (χ3n) is 5.72. The summed E-state index contributed by atoms with van der Waals surface area (Å²) >= 11 is 0. The molecule has 124 valence electrons. The highest BCUT2D eigenvalue weighted by molar-refractivity contribution is 5.28. The molecular formula is C19H28F2O. The molecule has 1 aliphatic heterocycles. The van der Waals surface area contributed by atoms with Gasteiger partial charge >= 0.3 is 0 Å². The fourth-order valence-corrected chi connectivity index (χ4v) is 4.15. The van der Waals surface area contributed by atoms with E-state index in [1.807, 2.05) is 0 Å². The van der Waals surface area contributed by atoms with E-state index in [-0.39, 0.29) is 7.34 Å². The number of halogens is 2. The first-order valence-electron chi connectivity index (χ1n) is 8.62. The van der Waals surface area contributed by atoms with Gasteiger partial charge in [0.2, 0.25) is 0 Å². The molecule has 1 aromatic rings. The molecule has 1 heterocycles. The van der Waals surface area contributed by atoms with Gasteiger partial charge in [-0.25, -0.2) is 8.78 Å². The summed E-state index contributed by atoms with van der Waals surface area (Å²) in [5.74, 6) is 0.237. The second-order valence-corrected chi connectivity index (χ2v) is 7.19. The lowest BCUT2D eigenvalue weighted by Crippen LogP contribution is -2.31. The lowest BCUT2D eigenvalue weighted by Gasteiger charge is -2.37. The Morgan fingerprint density at radius 1 is 0.955 bits per heavy atom. The van der Waals surface area contributed by atoms with Crippen molar-refractivity contribution in [3.05, 3.63) is 34.9 Å². The van der Waals surface area contributed by atoms with E-state index in [0.29, 0.717) is 29.1 Å². The van der Waals surface area contributed by atoms with Gasteiger partial charge in [0.15, 0.2) is 11.6 Å². The van der Waals surface area contributed by atoms with Crippen LogP contribution in [0.5, 0.6) is 0 Å². The van der Waals surface area contributed by atoms with Crippen LogP contribution in [0.1, 0.15) is 63.9 Å². The van der Waals surface area contributed by atoms with E-state index in [0.717, 1.165) is 38.7 Å². The smallest absolute Gasteiger partial charge is 0.162 e. The Morgan fingerprint density at radius 2 is 1.64 bits per heavy atom. The lowest BCUT2D eigenvalue weighted by atomic mass is 9.72. The van der Waals surface area contributed by atoms with E-state index in [1.54, 1.807) is 19.1 Å². The SMILES string of the molecule is Cc1ccc(C2CCC(C3CCC(C)OC3)CC2)c(F)c1F.[HH]. The average molecular weight is 310 g/mol. The van der Waals surface area contributed by atoms with Crippen molar-refractivity contribution in [2.75, 3.05) is 6.61 Å². The Balaban J connectivity index is 0.00000192. The van der Waals surface area contributed by atoms with Crippen molar-refractivity contribution in [2.24, 2.45) is 11.8 Å². The highest BCUT2D eigenvalue weighted by Crippen LogP contribution is 2.42. The molecular weight excluding hydrogens is 282 g/mol. The Bertz CT molecular complexity index is 518. The van der Waals surface area contributed by atoms with E-state index in [9.17, 15) is 8.78 Å². The third-order valence-corrected chi connectivity index (χ3v) is 5.72. The molecule has 0 aromatic heterocycles. The Labute approximate surface area is 133 Å². The Morgan fingerprint density at radius 3 is 2.27 bits per heavy atom. The topological polar surface area (TPSA) is 9.23 Å². The molecule has 1 saturated heterocycles. The molecule has 1 aliphatic carbocycles. The zero-order chi connectivity index (χ0) is 15.7. The fourth-order valence-electron chi connectivity index (χ4n) is 4.15. The minimum absolute atomic E-state index is 0. The number of hydrogen-bond acceptors (Lipinski definition) is 1. The normalized spacial score (nSPS) is 32.9. The van der Waals surface area contributed by atoms with Crippen LogP contribution in [0.4, 0.5) is 8.78 Å². The molecule has 0 radical (unpaired) electrons. The summed E-state index contributed by atoms with van der Waals surface area (Å²) in [6.07, 6.45) is 6.97. The van der Waals surface area contributed by atoms with Gasteiger partial charge in [-0.1, -0.05) is 12.1 Å². The molecule has 1 aromatic carbocycles. The zero-order valence-electron chi connectivity index (χ0n) is 13.6. The van der Waals surface area contributed by atoms with Crippen LogP contribution < -0.4 is 0 Å². The van der Waals surface area contributed by atoms with Gasteiger partial charge in [0.1, 0.15) is 0 Å². The van der Waals surface area contributed by atoms with Crippen molar-refractivity contribution < 1.29 is 14.9 Å². The third kappa shape index (κ3) is 3.19. The van der Waals surface area contributed by atoms with Crippen molar-refractivity contribution in [3.8, 4) is 0 Å². The predicted octanol–water partition coefficient (Wildman–Crippen LogP) is 5.61. The molecule has 0 spiro atoms. The zero-order valence-corrected chi connectivity index (χ0v) is 13.6. The minimum Gasteiger partial charge on any atom is -0.378 e. The first-order chi connectivity index (χ1) is 10.6. The summed E-state index contributed by atoms with van der Waals surface area (Å²) in [7, 11) is 0. The predicted molar refractivity (Wildman–Crippen MR) is 86.0 cm³/mol. The van der Waals surface area contributed by atoms with Crippen LogP contribution in [0.25, 0.3) is 0 Å². The molecule has 2 aliphatic rings. The van der Waals surface area contributed by atoms with Gasteiger partial charge in [0, 0.05) is 1.43 Å². The monoisotopic (exact) mass is 310 g/mol. The summed E-state index contributed by atoms with van der Waals surface area (Å²) in [6, 6.07) is 3.49. The van der Waals surface area contributed by atoms with Crippen molar-refractivity contribution in [1.29, 1.82) is 0 Å². The van der Waals surface area contributed by atoms with Crippen LogP contribution in [0.2, 0.25) is 0 Å². The number of ether oxygens (including phenoxy) is 1. The van der Waals surface area contributed by atoms with Gasteiger partial charge in [-0.2, -0.15) is 0 Å². The summed E-state index contributed by atoms with van der Waals surface area (Å²) in [5.41, 5.74) is 0.971. The second-order valence-electron chi connectivity index (χ2n) is 7.19. The number of rotatable bonds is 2. The maximum atomic E-state index is 14.1. The largest absolute Gasteiger partial charge is 0.378 e. The van der Waals surface area contributed by atoms with Crippen LogP contribution in [-0.2, 0) is 4.74 Å². The van der Waals surface area contributed by atoms with Gasteiger partial charge in [-0.3, -0.25) is 0 Å². The highest BCUT2D eigenvalue weighted by atomic mass is 19.2. The van der Waals surface area contributed by atoms with Gasteiger partial charge in [0.05, 0.1) is 12.7 Å². The quantitative estimate of drug-likeness (QED) is 0.690. The first-order valence-corrected chi connectivity index (χ1v) is 8.62. The van der Waals surface area contributed by atoms with Crippen LogP contribution >= 0.6 is 0 Å². The van der Waals surface area contributed by atoms with Crippen molar-refractivity contribution in [2.45, 2.75) is 64.4 Å². The molecule has 3 heteroatoms. The van der Waals surface area contributed by atoms with E-state index in [4.69, 9.17) is 4.74 Å². The average Bonchev–Trinajstić information content (AvgIpc) is 2.54. The summed E-state index contributed by atoms with van der Waals surface area (Å²) in [4.78, 5) is 0. The molecule has 1 saturated carbocycles. The van der Waals surface area contributed by atoms with Crippen LogP contribution in [-0.4, -0.2) is 12.7 Å². The van der Waals surface area contributed by atoms with E-state index < -0.39 is 11.6 Å². The minimum atomic E-state index is -0.672. The van der Waals surface area contributed by atoms with Crippen LogP contribution in [0, 0.1) is 30.4 Å². The molecule has 0 amide bonds. The molecule has 0 bridgehead atoms. The van der Waals surface area contributed by atoms with Gasteiger partial charge in [-0.05, 0) is 81.3 Å². The summed E-state index contributed by atoms with van der Waals surface area (Å²) < 4.78 is 33.7. The summed E-state index contributed by atoms with van der Waals surface area (Å²) in [5, 5.41) is 0. The number of hydrogen-bond donors (Lipinski definition) is 0. The molecule has 0 N–H and O–H groups in total. The molecule has 3 rings (SSSR count). The molecule has 22 heavy (non-hydrogen) atoms. The van der Waals surface area contributed by atoms with E-state index in [1.165, 1.54) is 6.42 Å². The number of aryl methyl sites for hydroxylation is 1. The molecule has 1 nitrogen and oxygen atoms in total. The van der Waals surface area contributed by atoms with E-state index in [2.05, 4.69) is 6.92 Å². The summed E-state index contributed by atoms with van der Waals surface area (Å²) in [6.45, 7) is 4.63.